The summed E-state index contributed by atoms with van der Waals surface area (Å²) in [5, 5.41) is 11.0. The quantitative estimate of drug-likeness (QED) is 0.275. The van der Waals surface area contributed by atoms with Gasteiger partial charge < -0.3 is 14.7 Å². The summed E-state index contributed by atoms with van der Waals surface area (Å²) in [6, 6.07) is 19.5. The normalized spacial score (nSPS) is 17.3. The maximum Gasteiger partial charge on any atom is 0.337 e. The molecule has 3 aromatic carbocycles. The Kier molecular flexibility index (Phi) is 6.04. The third kappa shape index (κ3) is 4.25. The largest absolute Gasteiger partial charge is 0.507 e. The van der Waals surface area contributed by atoms with Crippen LogP contribution in [-0.4, -0.2) is 34.8 Å². The number of hydrogen-bond acceptors (Lipinski definition) is 5. The number of ketones is 1. The summed E-state index contributed by atoms with van der Waals surface area (Å²) in [5.41, 5.74) is 1.75. The lowest BCUT2D eigenvalue weighted by atomic mass is 9.94. The van der Waals surface area contributed by atoms with Crippen LogP contribution in [0.2, 0.25) is 0 Å². The number of methoxy groups -OCH3 is 1. The zero-order valence-electron chi connectivity index (χ0n) is 17.7. The molecule has 1 aliphatic rings. The van der Waals surface area contributed by atoms with Crippen LogP contribution in [0, 0.1) is 5.82 Å². The summed E-state index contributed by atoms with van der Waals surface area (Å²) in [4.78, 5) is 39.2. The molecular formula is C26H20FNO5. The Hall–Kier alpha value is -4.26. The molecule has 1 amide bonds. The molecule has 0 saturated carbocycles. The van der Waals surface area contributed by atoms with Crippen LogP contribution in [0.15, 0.2) is 84.4 Å². The molecule has 0 radical (unpaired) electrons. The van der Waals surface area contributed by atoms with Gasteiger partial charge in [0.25, 0.3) is 11.7 Å². The highest BCUT2D eigenvalue weighted by Crippen LogP contribution is 2.40. The van der Waals surface area contributed by atoms with E-state index in [0.717, 1.165) is 17.7 Å². The van der Waals surface area contributed by atoms with E-state index in [1.54, 1.807) is 12.1 Å². The molecular weight excluding hydrogens is 425 g/mol. The predicted octanol–water partition coefficient (Wildman–Crippen LogP) is 4.23. The molecule has 0 bridgehead atoms. The highest BCUT2D eigenvalue weighted by Gasteiger charge is 2.46. The molecule has 3 aromatic rings. The number of ether oxygens (including phenoxy) is 1. The van der Waals surface area contributed by atoms with Gasteiger partial charge in [-0.1, -0.05) is 42.5 Å². The zero-order chi connectivity index (χ0) is 23.5. The molecule has 0 spiro atoms. The van der Waals surface area contributed by atoms with Crippen LogP contribution < -0.4 is 0 Å². The average molecular weight is 445 g/mol. The van der Waals surface area contributed by atoms with Gasteiger partial charge in [-0.05, 0) is 47.5 Å². The van der Waals surface area contributed by atoms with Crippen molar-refractivity contribution in [3.63, 3.8) is 0 Å². The number of nitrogens with zero attached hydrogens (tertiary/aromatic N) is 1. The molecule has 1 unspecified atom stereocenters. The van der Waals surface area contributed by atoms with Gasteiger partial charge in [-0.3, -0.25) is 9.59 Å². The predicted molar refractivity (Wildman–Crippen MR) is 118 cm³/mol. The Bertz CT molecular complexity index is 1230. The van der Waals surface area contributed by atoms with Crippen LogP contribution in [0.4, 0.5) is 4.39 Å². The first kappa shape index (κ1) is 22.0. The zero-order valence-corrected chi connectivity index (χ0v) is 17.7. The Morgan fingerprint density at radius 2 is 1.55 bits per heavy atom. The Morgan fingerprint density at radius 3 is 2.15 bits per heavy atom. The van der Waals surface area contributed by atoms with Crippen molar-refractivity contribution in [1.82, 2.24) is 4.90 Å². The molecule has 7 heteroatoms. The van der Waals surface area contributed by atoms with Gasteiger partial charge in [-0.15, -0.1) is 0 Å². The monoisotopic (exact) mass is 445 g/mol. The topological polar surface area (TPSA) is 83.9 Å². The molecule has 1 saturated heterocycles. The second kappa shape index (κ2) is 9.08. The standard InChI is InChI=1S/C26H20FNO5/c1-33-26(32)19-9-7-17(8-10-19)22-21(23(29)18-11-13-20(27)14-12-18)24(30)25(31)28(22)15-16-5-3-2-4-6-16/h2-14,22,29H,15H2,1H3. The number of hydrogen-bond donors (Lipinski definition) is 1. The maximum atomic E-state index is 13.4. The molecule has 166 valence electrons. The van der Waals surface area contributed by atoms with Crippen molar-refractivity contribution in [2.75, 3.05) is 7.11 Å². The van der Waals surface area contributed by atoms with Gasteiger partial charge >= 0.3 is 5.97 Å². The number of carbonyl (C=O) groups excluding carboxylic acids is 3. The smallest absolute Gasteiger partial charge is 0.337 e. The summed E-state index contributed by atoms with van der Waals surface area (Å²) in [5.74, 6) is -3.01. The number of rotatable bonds is 5. The first-order chi connectivity index (χ1) is 15.9. The number of benzene rings is 3. The van der Waals surface area contributed by atoms with Crippen molar-refractivity contribution in [1.29, 1.82) is 0 Å². The fraction of sp³-hybridized carbons (Fsp3) is 0.115. The van der Waals surface area contributed by atoms with Crippen LogP contribution in [0.5, 0.6) is 0 Å². The molecule has 1 N–H and O–H groups in total. The van der Waals surface area contributed by atoms with Crippen LogP contribution in [0.3, 0.4) is 0 Å². The molecule has 1 aliphatic heterocycles. The van der Waals surface area contributed by atoms with E-state index in [1.165, 1.54) is 36.3 Å². The van der Waals surface area contributed by atoms with Crippen molar-refractivity contribution in [2.45, 2.75) is 12.6 Å². The molecule has 4 rings (SSSR count). The first-order valence-electron chi connectivity index (χ1n) is 10.2. The van der Waals surface area contributed by atoms with Crippen LogP contribution in [-0.2, 0) is 20.9 Å². The van der Waals surface area contributed by atoms with Crippen molar-refractivity contribution in [3.05, 3.63) is 113 Å². The third-order valence-corrected chi connectivity index (χ3v) is 5.50. The molecule has 1 fully saturated rings. The van der Waals surface area contributed by atoms with E-state index in [1.807, 2.05) is 30.3 Å². The molecule has 33 heavy (non-hydrogen) atoms. The van der Waals surface area contributed by atoms with Crippen LogP contribution in [0.1, 0.15) is 33.1 Å². The lowest BCUT2D eigenvalue weighted by Crippen LogP contribution is -2.29. The van der Waals surface area contributed by atoms with Gasteiger partial charge in [0, 0.05) is 12.1 Å². The van der Waals surface area contributed by atoms with Gasteiger partial charge in [-0.2, -0.15) is 0 Å². The fourth-order valence-electron chi connectivity index (χ4n) is 3.85. The lowest BCUT2D eigenvalue weighted by Gasteiger charge is -2.25. The number of aliphatic hydroxyl groups excluding tert-OH is 1. The van der Waals surface area contributed by atoms with E-state index < -0.39 is 35.3 Å². The Morgan fingerprint density at radius 1 is 0.939 bits per heavy atom. The summed E-state index contributed by atoms with van der Waals surface area (Å²) >= 11 is 0. The molecule has 0 aliphatic carbocycles. The van der Waals surface area contributed by atoms with E-state index in [9.17, 15) is 23.9 Å². The first-order valence-corrected chi connectivity index (χ1v) is 10.2. The highest BCUT2D eigenvalue weighted by molar-refractivity contribution is 6.46. The van der Waals surface area contributed by atoms with Gasteiger partial charge in [0.2, 0.25) is 0 Å². The minimum absolute atomic E-state index is 0.103. The molecule has 6 nitrogen and oxygen atoms in total. The number of esters is 1. The van der Waals surface area contributed by atoms with E-state index >= 15 is 0 Å². The van der Waals surface area contributed by atoms with Gasteiger partial charge in [0.05, 0.1) is 24.3 Å². The molecule has 1 heterocycles. The number of likely N-dealkylation sites (tertiary alicyclic amines) is 1. The number of Topliss-reactive ketones (excluding diaryl/α,β-unsaturated/α-hetero) is 1. The Labute approximate surface area is 189 Å². The van der Waals surface area contributed by atoms with Crippen LogP contribution in [0.25, 0.3) is 5.76 Å². The van der Waals surface area contributed by atoms with E-state index in [-0.39, 0.29) is 17.7 Å². The summed E-state index contributed by atoms with van der Waals surface area (Å²) in [7, 11) is 1.27. The minimum atomic E-state index is -0.901. The number of aliphatic hydroxyl groups is 1. The number of halogens is 1. The summed E-state index contributed by atoms with van der Waals surface area (Å²) in [6.45, 7) is 0.134. The van der Waals surface area contributed by atoms with E-state index in [4.69, 9.17) is 4.74 Å². The van der Waals surface area contributed by atoms with Crippen molar-refractivity contribution in [3.8, 4) is 0 Å². The van der Waals surface area contributed by atoms with Gasteiger partial charge in [-0.25, -0.2) is 9.18 Å². The third-order valence-electron chi connectivity index (χ3n) is 5.50. The van der Waals surface area contributed by atoms with Gasteiger partial charge in [0.1, 0.15) is 11.6 Å². The van der Waals surface area contributed by atoms with Crippen molar-refractivity contribution in [2.24, 2.45) is 0 Å². The summed E-state index contributed by atoms with van der Waals surface area (Å²) < 4.78 is 18.1. The van der Waals surface area contributed by atoms with Crippen LogP contribution >= 0.6 is 0 Å². The van der Waals surface area contributed by atoms with Crippen molar-refractivity contribution < 1.29 is 28.6 Å². The average Bonchev–Trinajstić information content (AvgIpc) is 3.09. The number of amides is 1. The van der Waals surface area contributed by atoms with E-state index in [0.29, 0.717) is 11.1 Å². The molecule has 1 atom stereocenters. The number of carbonyl (C=O) groups is 3. The van der Waals surface area contributed by atoms with E-state index in [2.05, 4.69) is 0 Å². The second-order valence-corrected chi connectivity index (χ2v) is 7.53. The Balaban J connectivity index is 1.84. The minimum Gasteiger partial charge on any atom is -0.507 e. The van der Waals surface area contributed by atoms with Gasteiger partial charge in [0.15, 0.2) is 0 Å². The maximum absolute atomic E-state index is 13.4. The lowest BCUT2D eigenvalue weighted by molar-refractivity contribution is -0.140. The highest BCUT2D eigenvalue weighted by atomic mass is 19.1. The molecule has 0 aromatic heterocycles. The second-order valence-electron chi connectivity index (χ2n) is 7.53. The SMILES string of the molecule is COC(=O)c1ccc(C2C(=C(O)c3ccc(F)cc3)C(=O)C(=O)N2Cc2ccccc2)cc1. The summed E-state index contributed by atoms with van der Waals surface area (Å²) in [6.07, 6.45) is 0. The fourth-order valence-corrected chi connectivity index (χ4v) is 3.85. The van der Waals surface area contributed by atoms with Crippen molar-refractivity contribution >= 4 is 23.4 Å².